The molecular formula is C20H23FN2S. The first-order chi connectivity index (χ1) is 11.7. The molecule has 0 aliphatic carbocycles. The van der Waals surface area contributed by atoms with Crippen molar-refractivity contribution in [2.45, 2.75) is 37.4 Å². The van der Waals surface area contributed by atoms with Crippen molar-refractivity contribution in [1.29, 1.82) is 0 Å². The van der Waals surface area contributed by atoms with Gasteiger partial charge in [-0.05, 0) is 60.9 Å². The third kappa shape index (κ3) is 2.27. The van der Waals surface area contributed by atoms with Crippen molar-refractivity contribution in [2.75, 3.05) is 19.6 Å². The van der Waals surface area contributed by atoms with E-state index in [-0.39, 0.29) is 5.82 Å². The Hall–Kier alpha value is -1.23. The Morgan fingerprint density at radius 1 is 1.21 bits per heavy atom. The van der Waals surface area contributed by atoms with Crippen LogP contribution in [0, 0.1) is 11.7 Å². The van der Waals surface area contributed by atoms with E-state index in [2.05, 4.69) is 27.3 Å². The van der Waals surface area contributed by atoms with Crippen LogP contribution in [-0.2, 0) is 6.54 Å². The summed E-state index contributed by atoms with van der Waals surface area (Å²) in [7, 11) is 0. The Morgan fingerprint density at radius 3 is 2.88 bits per heavy atom. The van der Waals surface area contributed by atoms with Crippen LogP contribution >= 0.6 is 11.3 Å². The molecule has 0 bridgehead atoms. The maximum Gasteiger partial charge on any atom is 0.123 e. The fourth-order valence-electron chi connectivity index (χ4n) is 5.49. The molecule has 3 saturated heterocycles. The van der Waals surface area contributed by atoms with Gasteiger partial charge in [0.15, 0.2) is 0 Å². The number of hydrogen-bond acceptors (Lipinski definition) is 3. The summed E-state index contributed by atoms with van der Waals surface area (Å²) in [5, 5.41) is 2.18. The van der Waals surface area contributed by atoms with Crippen LogP contribution < -0.4 is 0 Å². The summed E-state index contributed by atoms with van der Waals surface area (Å²) in [4.78, 5) is 6.90. The normalized spacial score (nSPS) is 33.0. The molecule has 0 radical (unpaired) electrons. The molecule has 0 N–H and O–H groups in total. The van der Waals surface area contributed by atoms with Gasteiger partial charge in [-0.3, -0.25) is 9.80 Å². The molecule has 4 heteroatoms. The van der Waals surface area contributed by atoms with Crippen molar-refractivity contribution in [1.82, 2.24) is 9.80 Å². The molecule has 2 nitrogen and oxygen atoms in total. The second kappa shape index (κ2) is 5.65. The first-order valence-corrected chi connectivity index (χ1v) is 9.89. The van der Waals surface area contributed by atoms with Crippen molar-refractivity contribution in [3.8, 4) is 0 Å². The van der Waals surface area contributed by atoms with Crippen molar-refractivity contribution in [3.63, 3.8) is 0 Å². The molecule has 1 spiro atoms. The highest BCUT2D eigenvalue weighted by Crippen LogP contribution is 2.55. The maximum absolute atomic E-state index is 13.3. The molecule has 3 fully saturated rings. The van der Waals surface area contributed by atoms with Gasteiger partial charge in [-0.1, -0.05) is 18.2 Å². The van der Waals surface area contributed by atoms with Crippen LogP contribution in [0.2, 0.25) is 0 Å². The molecule has 4 heterocycles. The summed E-state index contributed by atoms with van der Waals surface area (Å²) in [5.41, 5.74) is 1.67. The van der Waals surface area contributed by atoms with Crippen LogP contribution in [0.5, 0.6) is 0 Å². The quantitative estimate of drug-likeness (QED) is 0.821. The first-order valence-electron chi connectivity index (χ1n) is 9.01. The highest BCUT2D eigenvalue weighted by atomic mass is 32.1. The van der Waals surface area contributed by atoms with Gasteiger partial charge in [0, 0.05) is 36.1 Å². The molecule has 24 heavy (non-hydrogen) atoms. The number of likely N-dealkylation sites (tertiary alicyclic amines) is 1. The van der Waals surface area contributed by atoms with Gasteiger partial charge in [0.05, 0.1) is 0 Å². The van der Waals surface area contributed by atoms with Gasteiger partial charge < -0.3 is 0 Å². The fourth-order valence-corrected chi connectivity index (χ4v) is 6.24. The molecular weight excluding hydrogens is 319 g/mol. The predicted octanol–water partition coefficient (Wildman–Crippen LogP) is 4.30. The Labute approximate surface area is 146 Å². The number of hydrogen-bond donors (Lipinski definition) is 0. The Morgan fingerprint density at radius 2 is 2.08 bits per heavy atom. The minimum Gasteiger partial charge on any atom is -0.296 e. The van der Waals surface area contributed by atoms with E-state index in [9.17, 15) is 4.39 Å². The van der Waals surface area contributed by atoms with E-state index in [0.29, 0.717) is 11.6 Å². The molecule has 126 valence electrons. The highest BCUT2D eigenvalue weighted by Gasteiger charge is 2.59. The number of benzene rings is 1. The summed E-state index contributed by atoms with van der Waals surface area (Å²) < 4.78 is 13.3. The van der Waals surface area contributed by atoms with Crippen LogP contribution in [0.4, 0.5) is 4.39 Å². The van der Waals surface area contributed by atoms with Crippen molar-refractivity contribution in [2.24, 2.45) is 5.92 Å². The molecule has 5 rings (SSSR count). The van der Waals surface area contributed by atoms with Gasteiger partial charge in [-0.2, -0.15) is 0 Å². The molecule has 2 aromatic rings. The largest absolute Gasteiger partial charge is 0.296 e. The third-order valence-corrected chi connectivity index (χ3v) is 7.28. The molecule has 0 saturated carbocycles. The summed E-state index contributed by atoms with van der Waals surface area (Å²) in [5.74, 6) is 0.630. The standard InChI is InChI=1S/C20H23FN2S/c21-17-6-4-15(5-7-17)19-11-16-12-22(13-18-3-1-10-24-18)14-20(16)8-2-9-23(19)20/h1,3-7,10,16,19H,2,8-9,11-14H2/t16-,19+,20-/m1/s1. The molecule has 3 aliphatic rings. The molecule has 1 aromatic carbocycles. The summed E-state index contributed by atoms with van der Waals surface area (Å²) in [6, 6.07) is 12.1. The van der Waals surface area contributed by atoms with Crippen LogP contribution in [0.1, 0.15) is 35.7 Å². The van der Waals surface area contributed by atoms with Gasteiger partial charge in [-0.25, -0.2) is 4.39 Å². The van der Waals surface area contributed by atoms with E-state index in [0.717, 1.165) is 12.5 Å². The Bertz CT molecular complexity index is 714. The minimum atomic E-state index is -0.129. The second-order valence-electron chi connectivity index (χ2n) is 7.65. The number of halogens is 1. The lowest BCUT2D eigenvalue weighted by Crippen LogP contribution is -2.45. The lowest BCUT2D eigenvalue weighted by molar-refractivity contribution is 0.131. The Balaban J connectivity index is 1.38. The second-order valence-corrected chi connectivity index (χ2v) is 8.68. The van der Waals surface area contributed by atoms with E-state index in [4.69, 9.17) is 0 Å². The van der Waals surface area contributed by atoms with Gasteiger partial charge >= 0.3 is 0 Å². The number of thiophene rings is 1. The van der Waals surface area contributed by atoms with Crippen molar-refractivity contribution >= 4 is 11.3 Å². The van der Waals surface area contributed by atoms with Crippen LogP contribution in [0.3, 0.4) is 0 Å². The average molecular weight is 342 g/mol. The van der Waals surface area contributed by atoms with Gasteiger partial charge in [0.2, 0.25) is 0 Å². The number of nitrogens with zero attached hydrogens (tertiary/aromatic N) is 2. The molecule has 3 aliphatic heterocycles. The fraction of sp³-hybridized carbons (Fsp3) is 0.500. The first kappa shape index (κ1) is 15.1. The summed E-state index contributed by atoms with van der Waals surface area (Å²) in [6.45, 7) is 4.72. The number of rotatable bonds is 3. The topological polar surface area (TPSA) is 6.48 Å². The predicted molar refractivity (Wildman–Crippen MR) is 95.5 cm³/mol. The molecule has 0 unspecified atom stereocenters. The summed E-state index contributed by atoms with van der Waals surface area (Å²) >= 11 is 1.87. The molecule has 0 amide bonds. The van der Waals surface area contributed by atoms with Crippen molar-refractivity contribution in [3.05, 3.63) is 58.0 Å². The van der Waals surface area contributed by atoms with E-state index in [1.54, 1.807) is 12.1 Å². The third-order valence-electron chi connectivity index (χ3n) is 6.41. The highest BCUT2D eigenvalue weighted by molar-refractivity contribution is 7.09. The van der Waals surface area contributed by atoms with E-state index in [1.807, 2.05) is 23.5 Å². The van der Waals surface area contributed by atoms with Crippen LogP contribution in [0.15, 0.2) is 41.8 Å². The average Bonchev–Trinajstić information content (AvgIpc) is 3.31. The zero-order chi connectivity index (χ0) is 16.1. The maximum atomic E-state index is 13.3. The molecule has 1 aromatic heterocycles. The van der Waals surface area contributed by atoms with Gasteiger partial charge in [0.1, 0.15) is 5.82 Å². The van der Waals surface area contributed by atoms with E-state index in [1.165, 1.54) is 49.3 Å². The monoisotopic (exact) mass is 342 g/mol. The Kier molecular flexibility index (Phi) is 3.55. The van der Waals surface area contributed by atoms with Gasteiger partial charge in [0.25, 0.3) is 0 Å². The van der Waals surface area contributed by atoms with Crippen molar-refractivity contribution < 1.29 is 4.39 Å². The summed E-state index contributed by atoms with van der Waals surface area (Å²) in [6.07, 6.45) is 3.86. The van der Waals surface area contributed by atoms with E-state index >= 15 is 0 Å². The zero-order valence-corrected chi connectivity index (χ0v) is 14.6. The minimum absolute atomic E-state index is 0.129. The smallest absolute Gasteiger partial charge is 0.123 e. The van der Waals surface area contributed by atoms with Crippen LogP contribution in [0.25, 0.3) is 0 Å². The SMILES string of the molecule is Fc1ccc([C@@H]2C[C@@H]3CN(Cc4cccs4)C[C@]34CCCN24)cc1. The van der Waals surface area contributed by atoms with E-state index < -0.39 is 0 Å². The lowest BCUT2D eigenvalue weighted by Gasteiger charge is -2.35. The van der Waals surface area contributed by atoms with Gasteiger partial charge in [-0.15, -0.1) is 11.3 Å². The van der Waals surface area contributed by atoms with Crippen LogP contribution in [-0.4, -0.2) is 35.0 Å². The molecule has 3 atom stereocenters. The lowest BCUT2D eigenvalue weighted by atomic mass is 9.86. The zero-order valence-electron chi connectivity index (χ0n) is 13.8.